The number of rotatable bonds is 9. The van der Waals surface area contributed by atoms with Crippen LogP contribution in [-0.2, 0) is 22.3 Å². The molecule has 0 aliphatic carbocycles. The number of hydrogen-bond donors (Lipinski definition) is 3. The first kappa shape index (κ1) is 26.8. The van der Waals surface area contributed by atoms with Gasteiger partial charge in [0.15, 0.2) is 0 Å². The molecule has 2 aromatic rings. The maximum absolute atomic E-state index is 12.8. The van der Waals surface area contributed by atoms with Crippen molar-refractivity contribution in [2.45, 2.75) is 32.6 Å². The third kappa shape index (κ3) is 7.87. The Morgan fingerprint density at radius 1 is 1.03 bits per heavy atom. The van der Waals surface area contributed by atoms with E-state index < -0.39 is 36.1 Å². The van der Waals surface area contributed by atoms with Crippen LogP contribution in [0.5, 0.6) is 0 Å². The Balaban J connectivity index is 1.94. The van der Waals surface area contributed by atoms with E-state index >= 15 is 0 Å². The van der Waals surface area contributed by atoms with Gasteiger partial charge in [-0.25, -0.2) is 0 Å². The molecule has 0 saturated carbocycles. The molecule has 7 nitrogen and oxygen atoms in total. The second kappa shape index (κ2) is 11.6. The fourth-order valence-electron chi connectivity index (χ4n) is 3.25. The van der Waals surface area contributed by atoms with Crippen LogP contribution in [0.3, 0.4) is 0 Å². The van der Waals surface area contributed by atoms with Crippen LogP contribution in [0.2, 0.25) is 0 Å². The van der Waals surface area contributed by atoms with Gasteiger partial charge in [0.05, 0.1) is 12.1 Å². The zero-order valence-corrected chi connectivity index (χ0v) is 19.5. The lowest BCUT2D eigenvalue weighted by Crippen LogP contribution is -2.53. The molecule has 10 heteroatoms. The minimum atomic E-state index is -4.59. The highest BCUT2D eigenvalue weighted by molar-refractivity contribution is 5.97. The van der Waals surface area contributed by atoms with E-state index in [0.29, 0.717) is 12.6 Å². The van der Waals surface area contributed by atoms with Crippen molar-refractivity contribution in [2.24, 2.45) is 0 Å². The van der Waals surface area contributed by atoms with Crippen LogP contribution < -0.4 is 16.0 Å². The summed E-state index contributed by atoms with van der Waals surface area (Å²) in [5, 5.41) is 8.00. The standard InChI is InChI=1S/C24H29F3N4O3/c1-15-8-9-18(16(2)10-15)12-28-13-20(23(34)31(3)4)30-21(32)14-29-22(33)17-6-5-7-19(11-17)24(25,26)27/h5-11,20,28H,12-14H2,1-4H3,(H,29,33)(H,30,32). The van der Waals surface area contributed by atoms with Gasteiger partial charge in [0.1, 0.15) is 6.04 Å². The summed E-state index contributed by atoms with van der Waals surface area (Å²) in [6.07, 6.45) is -4.59. The predicted molar refractivity (Wildman–Crippen MR) is 122 cm³/mol. The molecule has 0 bridgehead atoms. The van der Waals surface area contributed by atoms with Gasteiger partial charge >= 0.3 is 6.18 Å². The first-order valence-electron chi connectivity index (χ1n) is 10.6. The molecule has 0 fully saturated rings. The van der Waals surface area contributed by atoms with Gasteiger partial charge in [-0.1, -0.05) is 29.8 Å². The van der Waals surface area contributed by atoms with Crippen LogP contribution >= 0.6 is 0 Å². The van der Waals surface area contributed by atoms with E-state index in [-0.39, 0.29) is 18.0 Å². The molecule has 34 heavy (non-hydrogen) atoms. The first-order chi connectivity index (χ1) is 15.9. The van der Waals surface area contributed by atoms with E-state index in [9.17, 15) is 27.6 Å². The minimum Gasteiger partial charge on any atom is -0.347 e. The van der Waals surface area contributed by atoms with Crippen LogP contribution in [0.15, 0.2) is 42.5 Å². The predicted octanol–water partition coefficient (Wildman–Crippen LogP) is 2.41. The molecule has 0 aliphatic rings. The molecule has 1 unspecified atom stereocenters. The molecule has 1 atom stereocenters. The highest BCUT2D eigenvalue weighted by Crippen LogP contribution is 2.29. The Bertz CT molecular complexity index is 1040. The highest BCUT2D eigenvalue weighted by Gasteiger charge is 2.31. The van der Waals surface area contributed by atoms with Crippen molar-refractivity contribution in [1.29, 1.82) is 0 Å². The second-order valence-corrected chi connectivity index (χ2v) is 8.17. The molecule has 0 radical (unpaired) electrons. The van der Waals surface area contributed by atoms with Crippen LogP contribution in [0.1, 0.15) is 32.6 Å². The fraction of sp³-hybridized carbons (Fsp3) is 0.375. The molecule has 0 spiro atoms. The summed E-state index contributed by atoms with van der Waals surface area (Å²) < 4.78 is 38.5. The summed E-state index contributed by atoms with van der Waals surface area (Å²) in [5.41, 5.74) is 2.11. The van der Waals surface area contributed by atoms with Crippen molar-refractivity contribution >= 4 is 17.7 Å². The van der Waals surface area contributed by atoms with Crippen molar-refractivity contribution in [3.8, 4) is 0 Å². The third-order valence-electron chi connectivity index (χ3n) is 5.10. The van der Waals surface area contributed by atoms with Crippen molar-refractivity contribution < 1.29 is 27.6 Å². The Morgan fingerprint density at radius 3 is 2.35 bits per heavy atom. The summed E-state index contributed by atoms with van der Waals surface area (Å²) in [6, 6.07) is 9.04. The first-order valence-corrected chi connectivity index (χ1v) is 10.6. The number of halogens is 3. The lowest BCUT2D eigenvalue weighted by atomic mass is 10.1. The third-order valence-corrected chi connectivity index (χ3v) is 5.10. The Hall–Kier alpha value is -3.40. The fourth-order valence-corrected chi connectivity index (χ4v) is 3.25. The number of benzene rings is 2. The number of alkyl halides is 3. The molecular weight excluding hydrogens is 449 g/mol. The highest BCUT2D eigenvalue weighted by atomic mass is 19.4. The largest absolute Gasteiger partial charge is 0.416 e. The monoisotopic (exact) mass is 478 g/mol. The second-order valence-electron chi connectivity index (χ2n) is 8.17. The van der Waals surface area contributed by atoms with Gasteiger partial charge in [-0.2, -0.15) is 13.2 Å². The molecule has 2 aromatic carbocycles. The molecule has 0 aromatic heterocycles. The molecule has 0 heterocycles. The van der Waals surface area contributed by atoms with E-state index in [1.807, 2.05) is 32.0 Å². The molecule has 0 aliphatic heterocycles. The number of aryl methyl sites for hydroxylation is 2. The number of carbonyl (C=O) groups is 3. The van der Waals surface area contributed by atoms with Gasteiger partial charge in [0.25, 0.3) is 5.91 Å². The molecule has 184 valence electrons. The maximum atomic E-state index is 12.8. The molecule has 2 rings (SSSR count). The zero-order chi connectivity index (χ0) is 25.5. The van der Waals surface area contributed by atoms with Crippen molar-refractivity contribution in [3.63, 3.8) is 0 Å². The number of carbonyl (C=O) groups excluding carboxylic acids is 3. The van der Waals surface area contributed by atoms with Crippen LogP contribution in [0, 0.1) is 13.8 Å². The molecular formula is C24H29F3N4O3. The normalized spacial score (nSPS) is 12.1. The van der Waals surface area contributed by atoms with E-state index in [2.05, 4.69) is 16.0 Å². The smallest absolute Gasteiger partial charge is 0.347 e. The van der Waals surface area contributed by atoms with E-state index in [1.54, 1.807) is 14.1 Å². The van der Waals surface area contributed by atoms with Gasteiger partial charge < -0.3 is 20.9 Å². The summed E-state index contributed by atoms with van der Waals surface area (Å²) in [6.45, 7) is 4.13. The van der Waals surface area contributed by atoms with Gasteiger partial charge in [0.2, 0.25) is 11.8 Å². The molecule has 3 amide bonds. The average Bonchev–Trinajstić information content (AvgIpc) is 2.77. The van der Waals surface area contributed by atoms with Crippen molar-refractivity contribution in [1.82, 2.24) is 20.9 Å². The number of nitrogens with one attached hydrogen (secondary N) is 3. The van der Waals surface area contributed by atoms with Crippen molar-refractivity contribution in [3.05, 3.63) is 70.3 Å². The summed E-state index contributed by atoms with van der Waals surface area (Å²) in [4.78, 5) is 38.4. The van der Waals surface area contributed by atoms with Crippen molar-refractivity contribution in [2.75, 3.05) is 27.2 Å². The van der Waals surface area contributed by atoms with Gasteiger partial charge in [-0.05, 0) is 43.2 Å². The molecule has 3 N–H and O–H groups in total. The number of hydrogen-bond acceptors (Lipinski definition) is 4. The lowest BCUT2D eigenvalue weighted by Gasteiger charge is -2.22. The van der Waals surface area contributed by atoms with Gasteiger partial charge in [-0.3, -0.25) is 14.4 Å². The topological polar surface area (TPSA) is 90.5 Å². The van der Waals surface area contributed by atoms with E-state index in [0.717, 1.165) is 28.8 Å². The Morgan fingerprint density at radius 2 is 1.74 bits per heavy atom. The summed E-state index contributed by atoms with van der Waals surface area (Å²) in [5.74, 6) is -1.82. The van der Waals surface area contributed by atoms with Gasteiger partial charge in [0, 0.05) is 32.7 Å². The van der Waals surface area contributed by atoms with E-state index in [4.69, 9.17) is 0 Å². The Labute approximate surface area is 196 Å². The van der Waals surface area contributed by atoms with Crippen LogP contribution in [0.4, 0.5) is 13.2 Å². The summed E-state index contributed by atoms with van der Waals surface area (Å²) >= 11 is 0. The number of amides is 3. The van der Waals surface area contributed by atoms with Gasteiger partial charge in [-0.15, -0.1) is 0 Å². The van der Waals surface area contributed by atoms with Crippen LogP contribution in [-0.4, -0.2) is 55.8 Å². The average molecular weight is 479 g/mol. The minimum absolute atomic E-state index is 0.150. The zero-order valence-electron chi connectivity index (χ0n) is 19.5. The summed E-state index contributed by atoms with van der Waals surface area (Å²) in [7, 11) is 3.11. The lowest BCUT2D eigenvalue weighted by molar-refractivity contribution is -0.137. The number of likely N-dealkylation sites (N-methyl/N-ethyl adjacent to an activating group) is 1. The maximum Gasteiger partial charge on any atom is 0.416 e. The van der Waals surface area contributed by atoms with Crippen LogP contribution in [0.25, 0.3) is 0 Å². The SMILES string of the molecule is Cc1ccc(CNCC(NC(=O)CNC(=O)c2cccc(C(F)(F)F)c2)C(=O)N(C)C)c(C)c1. The Kier molecular flexibility index (Phi) is 9.19. The molecule has 0 saturated heterocycles. The quantitative estimate of drug-likeness (QED) is 0.516. The number of nitrogens with zero attached hydrogens (tertiary/aromatic N) is 1. The van der Waals surface area contributed by atoms with E-state index in [1.165, 1.54) is 11.0 Å².